The van der Waals surface area contributed by atoms with E-state index in [0.29, 0.717) is 13.0 Å². The lowest BCUT2D eigenvalue weighted by molar-refractivity contribution is -0.131. The third-order valence-corrected chi connectivity index (χ3v) is 7.98. The SMILES string of the molecule is CCC(=O)N(C)C[C@@H]1Oc2cc(-c3ccccc3)ccc2S(=O)(=O)N([C@H](C)CO)C[C@H]1C. The van der Waals surface area contributed by atoms with Crippen molar-refractivity contribution in [1.82, 2.24) is 9.21 Å². The van der Waals surface area contributed by atoms with E-state index in [2.05, 4.69) is 0 Å². The van der Waals surface area contributed by atoms with Gasteiger partial charge in [0.05, 0.1) is 13.2 Å². The molecule has 8 heteroatoms. The van der Waals surface area contributed by atoms with Crippen LogP contribution in [0, 0.1) is 5.92 Å². The molecule has 2 aromatic carbocycles. The van der Waals surface area contributed by atoms with Gasteiger partial charge in [-0.15, -0.1) is 0 Å². The third kappa shape index (κ3) is 4.98. The highest BCUT2D eigenvalue weighted by atomic mass is 32.2. The first-order valence-electron chi connectivity index (χ1n) is 10.9. The van der Waals surface area contributed by atoms with Crippen molar-refractivity contribution in [2.75, 3.05) is 26.7 Å². The van der Waals surface area contributed by atoms with Crippen LogP contribution in [0.4, 0.5) is 0 Å². The second-order valence-electron chi connectivity index (χ2n) is 8.40. The number of sulfonamides is 1. The summed E-state index contributed by atoms with van der Waals surface area (Å²) < 4.78 is 34.7. The number of aliphatic hydroxyl groups is 1. The molecule has 0 aromatic heterocycles. The molecule has 0 fully saturated rings. The van der Waals surface area contributed by atoms with Crippen molar-refractivity contribution in [3.05, 3.63) is 48.5 Å². The number of carbonyl (C=O) groups is 1. The predicted octanol–water partition coefficient (Wildman–Crippen LogP) is 2.99. The zero-order valence-electron chi connectivity index (χ0n) is 19.1. The fraction of sp³-hybridized carbons (Fsp3) is 0.458. The summed E-state index contributed by atoms with van der Waals surface area (Å²) in [7, 11) is -2.16. The number of aliphatic hydroxyl groups excluding tert-OH is 1. The molecular formula is C24H32N2O5S. The van der Waals surface area contributed by atoms with Gasteiger partial charge in [-0.2, -0.15) is 4.31 Å². The molecular weight excluding hydrogens is 428 g/mol. The van der Waals surface area contributed by atoms with Crippen molar-refractivity contribution in [2.45, 2.75) is 44.2 Å². The standard InChI is InChI=1S/C24H32N2O5S/c1-5-24(28)25(4)15-22-17(2)14-26(18(3)16-27)32(29,30)23-12-11-20(13-21(23)31-22)19-9-7-6-8-10-19/h6-13,17-18,22,27H,5,14-16H2,1-4H3/t17-,18-,22+/m1/s1. The maximum absolute atomic E-state index is 13.5. The van der Waals surface area contributed by atoms with Crippen molar-refractivity contribution in [2.24, 2.45) is 5.92 Å². The van der Waals surface area contributed by atoms with Gasteiger partial charge in [-0.25, -0.2) is 8.42 Å². The van der Waals surface area contributed by atoms with E-state index < -0.39 is 22.2 Å². The Bertz CT molecular complexity index is 1040. The zero-order chi connectivity index (χ0) is 23.5. The summed E-state index contributed by atoms with van der Waals surface area (Å²) in [6, 6.07) is 14.2. The lowest BCUT2D eigenvalue weighted by atomic mass is 10.0. The Kier molecular flexibility index (Phi) is 7.59. The van der Waals surface area contributed by atoms with Crippen LogP contribution in [0.3, 0.4) is 0 Å². The minimum absolute atomic E-state index is 0.00526. The Morgan fingerprint density at radius 2 is 1.91 bits per heavy atom. The van der Waals surface area contributed by atoms with E-state index in [1.165, 1.54) is 4.31 Å². The van der Waals surface area contributed by atoms with Crippen molar-refractivity contribution in [3.8, 4) is 16.9 Å². The molecule has 0 saturated heterocycles. The molecule has 1 heterocycles. The number of hydrogen-bond donors (Lipinski definition) is 1. The predicted molar refractivity (Wildman–Crippen MR) is 124 cm³/mol. The molecule has 1 N–H and O–H groups in total. The number of hydrogen-bond acceptors (Lipinski definition) is 5. The molecule has 0 aliphatic carbocycles. The van der Waals surface area contributed by atoms with Crippen LogP contribution in [-0.2, 0) is 14.8 Å². The topological polar surface area (TPSA) is 87.2 Å². The summed E-state index contributed by atoms with van der Waals surface area (Å²) in [5.74, 6) is 0.0455. The van der Waals surface area contributed by atoms with Gasteiger partial charge in [0, 0.05) is 32.0 Å². The molecule has 0 unspecified atom stereocenters. The third-order valence-electron chi connectivity index (χ3n) is 5.96. The van der Waals surface area contributed by atoms with Crippen LogP contribution >= 0.6 is 0 Å². The summed E-state index contributed by atoms with van der Waals surface area (Å²) in [5.41, 5.74) is 1.79. The highest BCUT2D eigenvalue weighted by molar-refractivity contribution is 7.89. The van der Waals surface area contributed by atoms with E-state index in [4.69, 9.17) is 4.74 Å². The molecule has 1 aliphatic heterocycles. The fourth-order valence-corrected chi connectivity index (χ4v) is 5.72. The van der Waals surface area contributed by atoms with Gasteiger partial charge in [0.25, 0.3) is 0 Å². The number of ether oxygens (including phenoxy) is 1. The maximum atomic E-state index is 13.5. The Balaban J connectivity index is 2.11. The van der Waals surface area contributed by atoms with E-state index >= 15 is 0 Å². The van der Waals surface area contributed by atoms with Crippen LogP contribution in [0.1, 0.15) is 27.2 Å². The van der Waals surface area contributed by atoms with E-state index in [1.807, 2.05) is 37.3 Å². The first-order valence-corrected chi connectivity index (χ1v) is 12.4. The molecule has 2 aromatic rings. The quantitative estimate of drug-likeness (QED) is 0.716. The molecule has 174 valence electrons. The van der Waals surface area contributed by atoms with Gasteiger partial charge in [-0.05, 0) is 30.2 Å². The minimum Gasteiger partial charge on any atom is -0.487 e. The Morgan fingerprint density at radius 1 is 1.22 bits per heavy atom. The summed E-state index contributed by atoms with van der Waals surface area (Å²) in [6.45, 7) is 5.64. The minimum atomic E-state index is -3.89. The van der Waals surface area contributed by atoms with Gasteiger partial charge in [-0.1, -0.05) is 50.2 Å². The van der Waals surface area contributed by atoms with Crippen molar-refractivity contribution in [3.63, 3.8) is 0 Å². The smallest absolute Gasteiger partial charge is 0.247 e. The van der Waals surface area contributed by atoms with Gasteiger partial charge in [-0.3, -0.25) is 4.79 Å². The molecule has 1 aliphatic rings. The highest BCUT2D eigenvalue weighted by Crippen LogP contribution is 2.36. The summed E-state index contributed by atoms with van der Waals surface area (Å²) in [6.07, 6.45) is -0.0295. The molecule has 3 rings (SSSR count). The van der Waals surface area contributed by atoms with E-state index in [1.54, 1.807) is 44.0 Å². The first kappa shape index (κ1) is 24.2. The van der Waals surface area contributed by atoms with Crippen LogP contribution in [0.2, 0.25) is 0 Å². The molecule has 0 saturated carbocycles. The average Bonchev–Trinajstić information content (AvgIpc) is 2.80. The monoisotopic (exact) mass is 460 g/mol. The largest absolute Gasteiger partial charge is 0.487 e. The van der Waals surface area contributed by atoms with Gasteiger partial charge < -0.3 is 14.7 Å². The number of rotatable bonds is 6. The summed E-state index contributed by atoms with van der Waals surface area (Å²) >= 11 is 0. The molecule has 0 bridgehead atoms. The second-order valence-corrected chi connectivity index (χ2v) is 10.3. The van der Waals surface area contributed by atoms with E-state index in [-0.39, 0.29) is 35.6 Å². The van der Waals surface area contributed by atoms with Gasteiger partial charge in [0.2, 0.25) is 15.9 Å². The lowest BCUT2D eigenvalue weighted by Gasteiger charge is -2.37. The number of carbonyl (C=O) groups excluding carboxylic acids is 1. The average molecular weight is 461 g/mol. The lowest BCUT2D eigenvalue weighted by Crippen LogP contribution is -2.50. The molecule has 7 nitrogen and oxygen atoms in total. The van der Waals surface area contributed by atoms with E-state index in [9.17, 15) is 18.3 Å². The summed E-state index contributed by atoms with van der Waals surface area (Å²) in [5, 5.41) is 9.73. The number of likely N-dealkylation sites (N-methyl/N-ethyl adjacent to an activating group) is 1. The fourth-order valence-electron chi connectivity index (χ4n) is 3.90. The zero-order valence-corrected chi connectivity index (χ0v) is 19.9. The van der Waals surface area contributed by atoms with Crippen LogP contribution in [-0.4, -0.2) is 67.5 Å². The molecule has 1 amide bonds. The van der Waals surface area contributed by atoms with Gasteiger partial charge >= 0.3 is 0 Å². The van der Waals surface area contributed by atoms with Gasteiger partial charge in [0.1, 0.15) is 16.7 Å². The van der Waals surface area contributed by atoms with Crippen LogP contribution in [0.5, 0.6) is 5.75 Å². The molecule has 0 radical (unpaired) electrons. The maximum Gasteiger partial charge on any atom is 0.247 e. The van der Waals surface area contributed by atoms with E-state index in [0.717, 1.165) is 11.1 Å². The van der Waals surface area contributed by atoms with Crippen molar-refractivity contribution < 1.29 is 23.1 Å². The van der Waals surface area contributed by atoms with Gasteiger partial charge in [0.15, 0.2) is 0 Å². The van der Waals surface area contributed by atoms with Crippen LogP contribution < -0.4 is 4.74 Å². The Labute approximate surface area is 190 Å². The summed E-state index contributed by atoms with van der Waals surface area (Å²) in [4.78, 5) is 13.9. The Morgan fingerprint density at radius 3 is 2.53 bits per heavy atom. The van der Waals surface area contributed by atoms with Crippen molar-refractivity contribution in [1.29, 1.82) is 0 Å². The molecule has 32 heavy (non-hydrogen) atoms. The number of benzene rings is 2. The number of nitrogens with zero attached hydrogens (tertiary/aromatic N) is 2. The van der Waals surface area contributed by atoms with Crippen LogP contribution in [0.15, 0.2) is 53.4 Å². The van der Waals surface area contributed by atoms with Crippen LogP contribution in [0.25, 0.3) is 11.1 Å². The first-order chi connectivity index (χ1) is 15.2. The van der Waals surface area contributed by atoms with Crippen molar-refractivity contribution >= 4 is 15.9 Å². The highest BCUT2D eigenvalue weighted by Gasteiger charge is 2.38. The second kappa shape index (κ2) is 10.0. The number of amides is 1. The molecule has 0 spiro atoms. The number of fused-ring (bicyclic) bond motifs is 1. The Hall–Kier alpha value is -2.42. The normalized spacial score (nSPS) is 21.5. The molecule has 3 atom stereocenters.